The number of hydrogen-bond donors (Lipinski definition) is 1. The molecule has 0 aliphatic heterocycles. The van der Waals surface area contributed by atoms with Gasteiger partial charge in [0.2, 0.25) is 0 Å². The number of carbonyl (C=O) groups is 1. The van der Waals surface area contributed by atoms with Crippen molar-refractivity contribution in [3.63, 3.8) is 0 Å². The molecule has 8 heteroatoms. The molecule has 0 aliphatic carbocycles. The minimum Gasteiger partial charge on any atom is -0.314 e. The molecule has 0 fully saturated rings. The molecule has 3 aromatic carbocycles. The summed E-state index contributed by atoms with van der Waals surface area (Å²) in [5, 5.41) is 5.36. The number of imidazole rings is 1. The van der Waals surface area contributed by atoms with Crippen molar-refractivity contribution in [2.24, 2.45) is 5.10 Å². The van der Waals surface area contributed by atoms with E-state index in [0.717, 1.165) is 21.8 Å². The van der Waals surface area contributed by atoms with E-state index in [1.165, 1.54) is 30.1 Å². The molecule has 0 unspecified atom stereocenters. The van der Waals surface area contributed by atoms with Gasteiger partial charge in [-0.3, -0.25) is 4.79 Å². The molecule has 0 atom stereocenters. The summed E-state index contributed by atoms with van der Waals surface area (Å²) in [5.74, 6) is -0.419. The summed E-state index contributed by atoms with van der Waals surface area (Å²) in [5.41, 5.74) is 6.13. The van der Waals surface area contributed by atoms with Crippen molar-refractivity contribution >= 4 is 46.5 Å². The molecule has 1 amide bonds. The molecular formula is C23H18ClFN4OS. The first kappa shape index (κ1) is 21.1. The third-order valence-electron chi connectivity index (χ3n) is 4.48. The largest absolute Gasteiger partial charge is 0.314 e. The summed E-state index contributed by atoms with van der Waals surface area (Å²) < 4.78 is 15.0. The topological polar surface area (TPSA) is 59.3 Å². The Kier molecular flexibility index (Phi) is 6.64. The van der Waals surface area contributed by atoms with Crippen LogP contribution in [0.5, 0.6) is 0 Å². The van der Waals surface area contributed by atoms with Crippen LogP contribution in [0.4, 0.5) is 4.39 Å². The molecule has 1 heterocycles. The fraction of sp³-hybridized carbons (Fsp3) is 0.0870. The summed E-state index contributed by atoms with van der Waals surface area (Å²) in [6.45, 7) is 0.615. The molecule has 1 aromatic heterocycles. The lowest BCUT2D eigenvalue weighted by Gasteiger charge is -2.09. The molecule has 4 aromatic rings. The van der Waals surface area contributed by atoms with Gasteiger partial charge in [-0.05, 0) is 47.5 Å². The number of benzene rings is 3. The van der Waals surface area contributed by atoms with Gasteiger partial charge in [-0.1, -0.05) is 59.8 Å². The second-order valence-electron chi connectivity index (χ2n) is 6.73. The smallest absolute Gasteiger partial charge is 0.250 e. The SMILES string of the molecule is O=C(CSc1nc2ccccc2n1Cc1ccc(Cl)cc1)NN=Cc1ccc(F)cc1. The number of halogens is 2. The Morgan fingerprint density at radius 3 is 2.61 bits per heavy atom. The number of nitrogens with zero attached hydrogens (tertiary/aromatic N) is 3. The summed E-state index contributed by atoms with van der Waals surface area (Å²) in [6.07, 6.45) is 1.47. The molecule has 156 valence electrons. The Balaban J connectivity index is 1.44. The fourth-order valence-corrected chi connectivity index (χ4v) is 3.91. The van der Waals surface area contributed by atoms with E-state index < -0.39 is 0 Å². The molecule has 0 saturated heterocycles. The van der Waals surface area contributed by atoms with Crippen molar-refractivity contribution in [1.29, 1.82) is 0 Å². The van der Waals surface area contributed by atoms with E-state index in [2.05, 4.69) is 20.1 Å². The van der Waals surface area contributed by atoms with Crippen molar-refractivity contribution in [2.75, 3.05) is 5.75 Å². The van der Waals surface area contributed by atoms with Gasteiger partial charge in [-0.2, -0.15) is 5.10 Å². The van der Waals surface area contributed by atoms with Crippen LogP contribution in [0, 0.1) is 5.82 Å². The van der Waals surface area contributed by atoms with Crippen LogP contribution in [0.3, 0.4) is 0 Å². The van der Waals surface area contributed by atoms with Crippen LogP contribution in [-0.4, -0.2) is 27.4 Å². The highest BCUT2D eigenvalue weighted by Crippen LogP contribution is 2.25. The first-order valence-electron chi connectivity index (χ1n) is 9.48. The number of para-hydroxylation sites is 2. The molecule has 5 nitrogen and oxygen atoms in total. The first-order valence-corrected chi connectivity index (χ1v) is 10.8. The lowest BCUT2D eigenvalue weighted by molar-refractivity contribution is -0.118. The van der Waals surface area contributed by atoms with E-state index >= 15 is 0 Å². The predicted molar refractivity (Wildman–Crippen MR) is 123 cm³/mol. The van der Waals surface area contributed by atoms with Crippen LogP contribution in [0.1, 0.15) is 11.1 Å². The Bertz CT molecular complexity index is 1220. The van der Waals surface area contributed by atoms with Crippen molar-refractivity contribution in [1.82, 2.24) is 15.0 Å². The van der Waals surface area contributed by atoms with Crippen molar-refractivity contribution in [3.8, 4) is 0 Å². The number of fused-ring (bicyclic) bond motifs is 1. The highest BCUT2D eigenvalue weighted by molar-refractivity contribution is 7.99. The Hall–Kier alpha value is -3.16. The monoisotopic (exact) mass is 452 g/mol. The number of amides is 1. The van der Waals surface area contributed by atoms with E-state index in [9.17, 15) is 9.18 Å². The van der Waals surface area contributed by atoms with Gasteiger partial charge in [0.05, 0.1) is 29.5 Å². The number of aromatic nitrogens is 2. The molecule has 0 bridgehead atoms. The summed E-state index contributed by atoms with van der Waals surface area (Å²) in [7, 11) is 0. The van der Waals surface area contributed by atoms with Crippen LogP contribution in [0.25, 0.3) is 11.0 Å². The van der Waals surface area contributed by atoms with Gasteiger partial charge in [0, 0.05) is 5.02 Å². The minimum absolute atomic E-state index is 0.157. The summed E-state index contributed by atoms with van der Waals surface area (Å²) in [4.78, 5) is 16.9. The lowest BCUT2D eigenvalue weighted by Crippen LogP contribution is -2.20. The molecule has 1 N–H and O–H groups in total. The van der Waals surface area contributed by atoms with Crippen LogP contribution in [0.15, 0.2) is 83.1 Å². The second-order valence-corrected chi connectivity index (χ2v) is 8.11. The van der Waals surface area contributed by atoms with Crippen molar-refractivity contribution in [2.45, 2.75) is 11.7 Å². The Labute approximate surface area is 187 Å². The molecule has 0 spiro atoms. The summed E-state index contributed by atoms with van der Waals surface area (Å²) >= 11 is 7.34. The van der Waals surface area contributed by atoms with Crippen molar-refractivity contribution in [3.05, 3.63) is 94.8 Å². The van der Waals surface area contributed by atoms with Gasteiger partial charge < -0.3 is 4.57 Å². The molecule has 31 heavy (non-hydrogen) atoms. The zero-order valence-electron chi connectivity index (χ0n) is 16.3. The van der Waals surface area contributed by atoms with E-state index in [0.29, 0.717) is 17.1 Å². The van der Waals surface area contributed by atoms with Crippen LogP contribution in [-0.2, 0) is 11.3 Å². The van der Waals surface area contributed by atoms with Crippen molar-refractivity contribution < 1.29 is 9.18 Å². The normalized spacial score (nSPS) is 11.3. The minimum atomic E-state index is -0.320. The maximum Gasteiger partial charge on any atom is 0.250 e. The number of nitrogens with one attached hydrogen (secondary N) is 1. The Morgan fingerprint density at radius 1 is 1.10 bits per heavy atom. The van der Waals surface area contributed by atoms with Gasteiger partial charge in [-0.25, -0.2) is 14.8 Å². The third kappa shape index (κ3) is 5.51. The van der Waals surface area contributed by atoms with Gasteiger partial charge in [0.25, 0.3) is 5.91 Å². The number of hydrogen-bond acceptors (Lipinski definition) is 4. The fourth-order valence-electron chi connectivity index (χ4n) is 2.98. The average molecular weight is 453 g/mol. The van der Waals surface area contributed by atoms with E-state index in [4.69, 9.17) is 11.6 Å². The van der Waals surface area contributed by atoms with Crippen LogP contribution < -0.4 is 5.43 Å². The maximum absolute atomic E-state index is 12.9. The highest BCUT2D eigenvalue weighted by atomic mass is 35.5. The zero-order valence-corrected chi connectivity index (χ0v) is 17.9. The second kappa shape index (κ2) is 9.76. The molecule has 0 radical (unpaired) electrons. The molecule has 0 aliphatic rings. The summed E-state index contributed by atoms with van der Waals surface area (Å²) in [6, 6.07) is 21.4. The molecule has 4 rings (SSSR count). The van der Waals surface area contributed by atoms with Crippen LogP contribution in [0.2, 0.25) is 5.02 Å². The highest BCUT2D eigenvalue weighted by Gasteiger charge is 2.13. The van der Waals surface area contributed by atoms with Gasteiger partial charge in [-0.15, -0.1) is 0 Å². The number of hydrazone groups is 1. The van der Waals surface area contributed by atoms with Gasteiger partial charge >= 0.3 is 0 Å². The van der Waals surface area contributed by atoms with Gasteiger partial charge in [0.1, 0.15) is 5.82 Å². The van der Waals surface area contributed by atoms with Gasteiger partial charge in [0.15, 0.2) is 5.16 Å². The molecule has 0 saturated carbocycles. The quantitative estimate of drug-likeness (QED) is 0.240. The van der Waals surface area contributed by atoms with E-state index in [-0.39, 0.29) is 17.5 Å². The first-order chi connectivity index (χ1) is 15.1. The molecular weight excluding hydrogens is 435 g/mol. The standard InChI is InChI=1S/C23H18ClFN4OS/c24-18-9-5-17(6-10-18)14-29-21-4-2-1-3-20(21)27-23(29)31-15-22(30)28-26-13-16-7-11-19(25)12-8-16/h1-13H,14-15H2,(H,28,30). The van der Waals surface area contributed by atoms with Crippen LogP contribution >= 0.6 is 23.4 Å². The lowest BCUT2D eigenvalue weighted by atomic mass is 10.2. The maximum atomic E-state index is 12.9. The third-order valence-corrected chi connectivity index (χ3v) is 5.71. The number of carbonyl (C=O) groups excluding carboxylic acids is 1. The Morgan fingerprint density at radius 2 is 1.84 bits per heavy atom. The van der Waals surface area contributed by atoms with E-state index in [1.54, 1.807) is 12.1 Å². The predicted octanol–water partition coefficient (Wildman–Crippen LogP) is 5.12. The van der Waals surface area contributed by atoms with E-state index in [1.807, 2.05) is 48.5 Å². The zero-order chi connectivity index (χ0) is 21.6. The average Bonchev–Trinajstić information content (AvgIpc) is 3.12. The number of thioether (sulfide) groups is 1. The number of rotatable bonds is 7.